The lowest BCUT2D eigenvalue weighted by atomic mass is 10.5. The Bertz CT molecular complexity index is 159. The second-order valence-corrected chi connectivity index (χ2v) is 3.64. The Morgan fingerprint density at radius 1 is 1.70 bits per heavy atom. The number of hydrogen-bond donors (Lipinski definition) is 2. The Hall–Kier alpha value is -0.380. The first-order valence-corrected chi connectivity index (χ1v) is 4.61. The summed E-state index contributed by atoms with van der Waals surface area (Å²) < 4.78 is 14.6. The highest BCUT2D eigenvalue weighted by molar-refractivity contribution is 7.51. The molecule has 0 rings (SSSR count). The van der Waals surface area contributed by atoms with Gasteiger partial charge in [0.2, 0.25) is 0 Å². The van der Waals surface area contributed by atoms with Crippen molar-refractivity contribution >= 4 is 13.6 Å². The molecule has 0 aliphatic rings. The van der Waals surface area contributed by atoms with Crippen LogP contribution in [0.25, 0.3) is 0 Å². The molecule has 0 aromatic heterocycles. The first-order chi connectivity index (χ1) is 4.42. The highest BCUT2D eigenvalue weighted by atomic mass is 31.2. The molecule has 0 saturated carbocycles. The topological polar surface area (TPSA) is 83.8 Å². The van der Waals surface area contributed by atoms with E-state index in [0.29, 0.717) is 0 Å². The summed E-state index contributed by atoms with van der Waals surface area (Å²) in [5, 5.41) is 8.06. The molecular weight excluding hydrogens is 159 g/mol. The average molecular weight is 168 g/mol. The highest BCUT2D eigenvalue weighted by Crippen LogP contribution is 2.36. The molecule has 0 aliphatic carbocycles. The van der Waals surface area contributed by atoms with Gasteiger partial charge in [-0.05, 0) is 0 Å². The van der Waals surface area contributed by atoms with Crippen LogP contribution in [0.1, 0.15) is 6.42 Å². The van der Waals surface area contributed by atoms with Gasteiger partial charge in [0.25, 0.3) is 0 Å². The Morgan fingerprint density at radius 3 is 2.50 bits per heavy atom. The summed E-state index contributed by atoms with van der Waals surface area (Å²) in [5.74, 6) is -1.05. The number of rotatable bonds is 4. The molecule has 0 radical (unpaired) electrons. The Labute approximate surface area is 58.2 Å². The van der Waals surface area contributed by atoms with Crippen LogP contribution in [0.2, 0.25) is 0 Å². The smallest absolute Gasteiger partial charge is 0.325 e. The third kappa shape index (κ3) is 7.62. The maximum Gasteiger partial charge on any atom is 0.325 e. The number of carboxylic acids is 1. The predicted octanol–water partition coefficient (Wildman–Crippen LogP) is 0.293. The van der Waals surface area contributed by atoms with Crippen LogP contribution in [-0.4, -0.2) is 29.2 Å². The van der Waals surface area contributed by atoms with Crippen LogP contribution < -0.4 is 0 Å². The van der Waals surface area contributed by atoms with Gasteiger partial charge in [-0.15, -0.1) is 0 Å². The fourth-order valence-electron chi connectivity index (χ4n) is 0.302. The van der Waals surface area contributed by atoms with Gasteiger partial charge in [-0.25, -0.2) is 0 Å². The van der Waals surface area contributed by atoms with Gasteiger partial charge in [0.1, 0.15) is 0 Å². The van der Waals surface area contributed by atoms with Crippen molar-refractivity contribution in [2.24, 2.45) is 0 Å². The molecule has 0 amide bonds. The quantitative estimate of drug-likeness (QED) is 0.589. The van der Waals surface area contributed by atoms with Crippen LogP contribution in [0, 0.1) is 0 Å². The molecule has 2 N–H and O–H groups in total. The summed E-state index contributed by atoms with van der Waals surface area (Å²) in [6.07, 6.45) is -0.252. The molecule has 60 valence electrons. The summed E-state index contributed by atoms with van der Waals surface area (Å²) in [7, 11) is -3.49. The third-order valence-electron chi connectivity index (χ3n) is 0.647. The van der Waals surface area contributed by atoms with Gasteiger partial charge in [-0.2, -0.15) is 0 Å². The van der Waals surface area contributed by atoms with E-state index in [1.807, 2.05) is 0 Å². The molecular formula is C4H9O5P. The lowest BCUT2D eigenvalue weighted by molar-refractivity contribution is -0.137. The van der Waals surface area contributed by atoms with Crippen molar-refractivity contribution in [1.29, 1.82) is 0 Å². The zero-order chi connectivity index (χ0) is 8.20. The molecule has 1 unspecified atom stereocenters. The van der Waals surface area contributed by atoms with Gasteiger partial charge in [0, 0.05) is 6.66 Å². The maximum absolute atomic E-state index is 10.3. The summed E-state index contributed by atoms with van der Waals surface area (Å²) in [5.41, 5.74) is 0. The van der Waals surface area contributed by atoms with E-state index in [2.05, 4.69) is 4.52 Å². The van der Waals surface area contributed by atoms with Gasteiger partial charge >= 0.3 is 13.6 Å². The summed E-state index contributed by atoms with van der Waals surface area (Å²) in [6, 6.07) is 0. The van der Waals surface area contributed by atoms with Crippen LogP contribution in [0.15, 0.2) is 0 Å². The van der Waals surface area contributed by atoms with Crippen molar-refractivity contribution in [3.05, 3.63) is 0 Å². The Balaban J connectivity index is 3.39. The molecule has 1 atom stereocenters. The molecule has 6 heteroatoms. The Kier molecular flexibility index (Phi) is 3.57. The van der Waals surface area contributed by atoms with E-state index >= 15 is 0 Å². The lowest BCUT2D eigenvalue weighted by Gasteiger charge is -2.03. The Morgan fingerprint density at radius 2 is 2.20 bits per heavy atom. The molecule has 5 nitrogen and oxygen atoms in total. The van der Waals surface area contributed by atoms with Gasteiger partial charge < -0.3 is 14.5 Å². The average Bonchev–Trinajstić information content (AvgIpc) is 1.59. The molecule has 0 aromatic carbocycles. The van der Waals surface area contributed by atoms with E-state index in [1.54, 1.807) is 0 Å². The molecule has 10 heavy (non-hydrogen) atoms. The van der Waals surface area contributed by atoms with Crippen LogP contribution in [0.5, 0.6) is 0 Å². The van der Waals surface area contributed by atoms with Gasteiger partial charge in [-0.1, -0.05) is 0 Å². The van der Waals surface area contributed by atoms with Crippen LogP contribution in [0.4, 0.5) is 0 Å². The van der Waals surface area contributed by atoms with Crippen molar-refractivity contribution in [1.82, 2.24) is 0 Å². The fraction of sp³-hybridized carbons (Fsp3) is 0.750. The van der Waals surface area contributed by atoms with E-state index in [9.17, 15) is 9.36 Å². The monoisotopic (exact) mass is 168 g/mol. The van der Waals surface area contributed by atoms with Crippen LogP contribution in [0.3, 0.4) is 0 Å². The predicted molar refractivity (Wildman–Crippen MR) is 34.0 cm³/mol. The summed E-state index contributed by atoms with van der Waals surface area (Å²) in [6.45, 7) is 0.786. The van der Waals surface area contributed by atoms with Crippen molar-refractivity contribution < 1.29 is 23.9 Å². The van der Waals surface area contributed by atoms with E-state index < -0.39 is 13.6 Å². The third-order valence-corrected chi connectivity index (χ3v) is 1.31. The van der Waals surface area contributed by atoms with E-state index in [0.717, 1.165) is 6.66 Å². The lowest BCUT2D eigenvalue weighted by Crippen LogP contribution is -2.00. The first-order valence-electron chi connectivity index (χ1n) is 2.58. The standard InChI is InChI=1S/C4H9O5P/c1-10(7,8)9-3-2-4(5)6/h2-3H2,1H3,(H,5,6)(H,7,8). The number of aliphatic carboxylic acids is 1. The maximum atomic E-state index is 10.3. The van der Waals surface area contributed by atoms with Crippen molar-refractivity contribution in [3.63, 3.8) is 0 Å². The number of carboxylic acid groups (broad SMARTS) is 1. The summed E-state index contributed by atoms with van der Waals surface area (Å²) >= 11 is 0. The van der Waals surface area contributed by atoms with Gasteiger partial charge in [0.15, 0.2) is 0 Å². The second-order valence-electron chi connectivity index (χ2n) is 1.78. The van der Waals surface area contributed by atoms with Crippen molar-refractivity contribution in [2.45, 2.75) is 6.42 Å². The van der Waals surface area contributed by atoms with Crippen LogP contribution in [-0.2, 0) is 13.9 Å². The van der Waals surface area contributed by atoms with Gasteiger partial charge in [-0.3, -0.25) is 9.36 Å². The van der Waals surface area contributed by atoms with Crippen LogP contribution >= 0.6 is 7.60 Å². The summed E-state index contributed by atoms with van der Waals surface area (Å²) in [4.78, 5) is 18.3. The minimum absolute atomic E-state index is 0.223. The number of hydrogen-bond acceptors (Lipinski definition) is 3. The molecule has 0 heterocycles. The SMILES string of the molecule is CP(=O)(O)OCCC(=O)O. The molecule has 0 bridgehead atoms. The van der Waals surface area contributed by atoms with E-state index in [-0.39, 0.29) is 13.0 Å². The zero-order valence-electron chi connectivity index (χ0n) is 5.48. The molecule has 0 fully saturated rings. The van der Waals surface area contributed by atoms with Gasteiger partial charge in [0.05, 0.1) is 13.0 Å². The molecule has 0 saturated heterocycles. The second kappa shape index (κ2) is 3.71. The van der Waals surface area contributed by atoms with Crippen molar-refractivity contribution in [2.75, 3.05) is 13.3 Å². The van der Waals surface area contributed by atoms with Crippen molar-refractivity contribution in [3.8, 4) is 0 Å². The fourth-order valence-corrected chi connectivity index (χ4v) is 0.732. The minimum atomic E-state index is -3.49. The molecule has 0 aliphatic heterocycles. The molecule has 0 spiro atoms. The minimum Gasteiger partial charge on any atom is -0.481 e. The van der Waals surface area contributed by atoms with E-state index in [1.165, 1.54) is 0 Å². The first kappa shape index (κ1) is 9.62. The molecule has 0 aromatic rings. The highest BCUT2D eigenvalue weighted by Gasteiger charge is 2.09. The number of carbonyl (C=O) groups is 1. The largest absolute Gasteiger partial charge is 0.481 e. The van der Waals surface area contributed by atoms with E-state index in [4.69, 9.17) is 10.00 Å². The zero-order valence-corrected chi connectivity index (χ0v) is 6.38. The normalized spacial score (nSPS) is 16.2.